The summed E-state index contributed by atoms with van der Waals surface area (Å²) in [5.74, 6) is 0.701. The maximum Gasteiger partial charge on any atom is 0.349 e. The Morgan fingerprint density at radius 2 is 2.10 bits per heavy atom. The predicted octanol–water partition coefficient (Wildman–Crippen LogP) is 2.16. The number of anilines is 1. The van der Waals surface area contributed by atoms with Gasteiger partial charge in [-0.2, -0.15) is 5.21 Å². The molecule has 0 saturated carbocycles. The number of aromatic nitrogens is 4. The SMILES string of the molecule is Cc1ccc(-c2nn[nH]n2)cc1NC(=O)c1c(C)cc(C2CCCNC2)oc1=O. The molecule has 0 aliphatic carbocycles. The van der Waals surface area contributed by atoms with E-state index in [1.54, 1.807) is 19.1 Å². The number of aromatic amines is 1. The summed E-state index contributed by atoms with van der Waals surface area (Å²) in [7, 11) is 0. The Kier molecular flexibility index (Phi) is 5.22. The molecule has 0 radical (unpaired) electrons. The van der Waals surface area contributed by atoms with E-state index >= 15 is 0 Å². The van der Waals surface area contributed by atoms with Crippen LogP contribution in [0.4, 0.5) is 5.69 Å². The highest BCUT2D eigenvalue weighted by Gasteiger charge is 2.23. The van der Waals surface area contributed by atoms with Crippen molar-refractivity contribution in [2.24, 2.45) is 0 Å². The zero-order valence-corrected chi connectivity index (χ0v) is 16.3. The van der Waals surface area contributed by atoms with Crippen molar-refractivity contribution in [1.82, 2.24) is 25.9 Å². The smallest absolute Gasteiger partial charge is 0.349 e. The summed E-state index contributed by atoms with van der Waals surface area (Å²) in [5.41, 5.74) is 2.11. The molecular formula is C20H22N6O3. The standard InChI is InChI=1S/C20H22N6O3/c1-11-5-6-13(18-23-25-26-24-18)9-15(11)22-19(27)17-12(2)8-16(29-20(17)28)14-4-3-7-21-10-14/h5-6,8-9,14,21H,3-4,7,10H2,1-2H3,(H,22,27)(H,23,24,25,26). The van der Waals surface area contributed by atoms with Crippen LogP contribution in [0.15, 0.2) is 33.5 Å². The van der Waals surface area contributed by atoms with Crippen molar-refractivity contribution >= 4 is 11.6 Å². The number of carbonyl (C=O) groups is 1. The average molecular weight is 394 g/mol. The number of hydrogen-bond donors (Lipinski definition) is 3. The summed E-state index contributed by atoms with van der Waals surface area (Å²) < 4.78 is 5.51. The molecule has 1 saturated heterocycles. The van der Waals surface area contributed by atoms with Gasteiger partial charge in [0.25, 0.3) is 5.91 Å². The molecule has 3 N–H and O–H groups in total. The van der Waals surface area contributed by atoms with Gasteiger partial charge in [-0.15, -0.1) is 10.2 Å². The normalized spacial score (nSPS) is 16.6. The molecule has 9 heteroatoms. The maximum atomic E-state index is 12.9. The number of nitrogens with one attached hydrogen (secondary N) is 3. The molecule has 3 heterocycles. The lowest BCUT2D eigenvalue weighted by Gasteiger charge is -2.22. The Bertz CT molecular complexity index is 1080. The van der Waals surface area contributed by atoms with Crippen LogP contribution in [-0.4, -0.2) is 39.6 Å². The van der Waals surface area contributed by atoms with E-state index in [0.29, 0.717) is 28.4 Å². The number of carbonyl (C=O) groups excluding carboxylic acids is 1. The van der Waals surface area contributed by atoms with Gasteiger partial charge in [0.1, 0.15) is 11.3 Å². The summed E-state index contributed by atoms with van der Waals surface area (Å²) in [6, 6.07) is 7.23. The second-order valence-corrected chi connectivity index (χ2v) is 7.26. The number of tetrazole rings is 1. The van der Waals surface area contributed by atoms with Crippen LogP contribution in [0.5, 0.6) is 0 Å². The van der Waals surface area contributed by atoms with Crippen LogP contribution in [0.3, 0.4) is 0 Å². The maximum absolute atomic E-state index is 12.9. The van der Waals surface area contributed by atoms with Crippen molar-refractivity contribution < 1.29 is 9.21 Å². The first-order chi connectivity index (χ1) is 14.0. The average Bonchev–Trinajstić information content (AvgIpc) is 3.24. The van der Waals surface area contributed by atoms with E-state index < -0.39 is 11.5 Å². The van der Waals surface area contributed by atoms with Gasteiger partial charge in [-0.3, -0.25) is 4.79 Å². The molecule has 1 aliphatic rings. The first-order valence-corrected chi connectivity index (χ1v) is 9.54. The summed E-state index contributed by atoms with van der Waals surface area (Å²) in [5, 5.41) is 20.0. The quantitative estimate of drug-likeness (QED) is 0.619. The van der Waals surface area contributed by atoms with Crippen molar-refractivity contribution in [1.29, 1.82) is 0 Å². The number of hydrogen-bond acceptors (Lipinski definition) is 7. The first-order valence-electron chi connectivity index (χ1n) is 9.54. The van der Waals surface area contributed by atoms with Crippen LogP contribution in [0.25, 0.3) is 11.4 Å². The third kappa shape index (κ3) is 3.95. The molecule has 29 heavy (non-hydrogen) atoms. The van der Waals surface area contributed by atoms with E-state index in [0.717, 1.165) is 31.5 Å². The molecule has 0 spiro atoms. The number of nitrogens with zero attached hydrogens (tertiary/aromatic N) is 3. The lowest BCUT2D eigenvalue weighted by atomic mass is 9.95. The largest absolute Gasteiger partial charge is 0.427 e. The number of H-pyrrole nitrogens is 1. The van der Waals surface area contributed by atoms with Gasteiger partial charge in [-0.05, 0) is 61.7 Å². The van der Waals surface area contributed by atoms with Crippen LogP contribution < -0.4 is 16.3 Å². The predicted molar refractivity (Wildman–Crippen MR) is 107 cm³/mol. The molecule has 1 aliphatic heterocycles. The molecule has 1 atom stereocenters. The molecule has 3 aromatic rings. The topological polar surface area (TPSA) is 126 Å². The van der Waals surface area contributed by atoms with Gasteiger partial charge in [-0.25, -0.2) is 4.79 Å². The zero-order valence-electron chi connectivity index (χ0n) is 16.3. The summed E-state index contributed by atoms with van der Waals surface area (Å²) in [6.07, 6.45) is 1.99. The van der Waals surface area contributed by atoms with E-state index in [4.69, 9.17) is 4.42 Å². The van der Waals surface area contributed by atoms with E-state index in [-0.39, 0.29) is 11.5 Å². The van der Waals surface area contributed by atoms with Crippen molar-refractivity contribution in [3.63, 3.8) is 0 Å². The monoisotopic (exact) mass is 394 g/mol. The van der Waals surface area contributed by atoms with Gasteiger partial charge in [0.05, 0.1) is 0 Å². The van der Waals surface area contributed by atoms with Crippen LogP contribution in [-0.2, 0) is 0 Å². The highest BCUT2D eigenvalue weighted by molar-refractivity contribution is 6.05. The molecule has 1 fully saturated rings. The molecule has 150 valence electrons. The summed E-state index contributed by atoms with van der Waals surface area (Å²) in [4.78, 5) is 25.5. The van der Waals surface area contributed by atoms with E-state index in [2.05, 4.69) is 31.3 Å². The van der Waals surface area contributed by atoms with Crippen LogP contribution in [0, 0.1) is 13.8 Å². The Hall–Kier alpha value is -3.33. The fourth-order valence-corrected chi connectivity index (χ4v) is 3.57. The molecule has 1 amide bonds. The van der Waals surface area contributed by atoms with E-state index in [1.165, 1.54) is 0 Å². The number of piperidine rings is 1. The number of amides is 1. The summed E-state index contributed by atoms with van der Waals surface area (Å²) >= 11 is 0. The highest BCUT2D eigenvalue weighted by Crippen LogP contribution is 2.25. The zero-order chi connectivity index (χ0) is 20.4. The van der Waals surface area contributed by atoms with Crippen molar-refractivity contribution in [3.8, 4) is 11.4 Å². The van der Waals surface area contributed by atoms with Crippen molar-refractivity contribution in [3.05, 3.63) is 57.1 Å². The fraction of sp³-hybridized carbons (Fsp3) is 0.350. The van der Waals surface area contributed by atoms with Gasteiger partial charge in [0.2, 0.25) is 5.82 Å². The lowest BCUT2D eigenvalue weighted by molar-refractivity contribution is 0.102. The lowest BCUT2D eigenvalue weighted by Crippen LogP contribution is -2.30. The van der Waals surface area contributed by atoms with Crippen molar-refractivity contribution in [2.45, 2.75) is 32.6 Å². The third-order valence-electron chi connectivity index (χ3n) is 5.18. The van der Waals surface area contributed by atoms with E-state index in [1.807, 2.05) is 19.1 Å². The molecule has 1 unspecified atom stereocenters. The second-order valence-electron chi connectivity index (χ2n) is 7.26. The Labute approximate surface area is 166 Å². The molecule has 9 nitrogen and oxygen atoms in total. The summed E-state index contributed by atoms with van der Waals surface area (Å²) in [6.45, 7) is 5.37. The minimum Gasteiger partial charge on any atom is -0.427 e. The van der Waals surface area contributed by atoms with E-state index in [9.17, 15) is 9.59 Å². The van der Waals surface area contributed by atoms with Crippen LogP contribution in [0.1, 0.15) is 46.0 Å². The Morgan fingerprint density at radius 1 is 1.24 bits per heavy atom. The first kappa shape index (κ1) is 19.0. The molecule has 2 aromatic heterocycles. The number of rotatable bonds is 4. The minimum absolute atomic E-state index is 0.0156. The molecule has 1 aromatic carbocycles. The van der Waals surface area contributed by atoms with Gasteiger partial charge >= 0.3 is 5.63 Å². The minimum atomic E-state index is -0.616. The van der Waals surface area contributed by atoms with Gasteiger partial charge < -0.3 is 15.1 Å². The Morgan fingerprint density at radius 3 is 2.79 bits per heavy atom. The second kappa shape index (κ2) is 7.96. The Balaban J connectivity index is 1.60. The van der Waals surface area contributed by atoms with Crippen LogP contribution in [0.2, 0.25) is 0 Å². The third-order valence-corrected chi connectivity index (χ3v) is 5.18. The van der Waals surface area contributed by atoms with Gasteiger partial charge in [-0.1, -0.05) is 12.1 Å². The molecule has 0 bridgehead atoms. The number of benzene rings is 1. The van der Waals surface area contributed by atoms with Gasteiger partial charge in [0.15, 0.2) is 0 Å². The molecular weight excluding hydrogens is 372 g/mol. The van der Waals surface area contributed by atoms with Crippen molar-refractivity contribution in [2.75, 3.05) is 18.4 Å². The van der Waals surface area contributed by atoms with Crippen LogP contribution >= 0.6 is 0 Å². The van der Waals surface area contributed by atoms with Gasteiger partial charge in [0, 0.05) is 23.7 Å². The number of aryl methyl sites for hydroxylation is 2. The molecule has 4 rings (SSSR count). The highest BCUT2D eigenvalue weighted by atomic mass is 16.4. The fourth-order valence-electron chi connectivity index (χ4n) is 3.57.